The molecule has 13 heteroatoms. The predicted octanol–water partition coefficient (Wildman–Crippen LogP) is 8.04. The van der Waals surface area contributed by atoms with E-state index in [0.29, 0.717) is 12.5 Å². The number of amides is 1. The zero-order valence-corrected chi connectivity index (χ0v) is 39.3. The lowest BCUT2D eigenvalue weighted by Gasteiger charge is -2.31. The van der Waals surface area contributed by atoms with E-state index in [1.54, 1.807) is 0 Å². The first kappa shape index (κ1) is 46.6. The number of carbonyl (C=O) groups is 1. The van der Waals surface area contributed by atoms with Crippen LogP contribution in [-0.2, 0) is 25.4 Å². The lowest BCUT2D eigenvalue weighted by atomic mass is 10.1. The fraction of sp³-hybridized carbons (Fsp3) is 0.580. The third-order valence-corrected chi connectivity index (χ3v) is 14.1. The molecule has 0 saturated carbocycles. The number of hydrogen-bond acceptors (Lipinski definition) is 9. The Balaban J connectivity index is 0.000000195. The van der Waals surface area contributed by atoms with E-state index in [2.05, 4.69) is 96.2 Å². The first-order valence-electron chi connectivity index (χ1n) is 23.7. The molecule has 1 aromatic carbocycles. The van der Waals surface area contributed by atoms with Crippen molar-refractivity contribution in [3.05, 3.63) is 83.9 Å². The maximum atomic E-state index is 13.2. The Morgan fingerprint density at radius 3 is 1.84 bits per heavy atom. The first-order chi connectivity index (χ1) is 30.3. The Morgan fingerprint density at radius 2 is 1.25 bits per heavy atom. The summed E-state index contributed by atoms with van der Waals surface area (Å²) in [5.41, 5.74) is 8.24. The summed E-state index contributed by atoms with van der Waals surface area (Å²) >= 11 is 0. The zero-order valence-electron chi connectivity index (χ0n) is 38.5. The number of fused-ring (bicyclic) bond motifs is 2. The molecule has 2 unspecified atom stereocenters. The number of rotatable bonds is 14. The molecule has 4 aromatic heterocycles. The molecular formula is C50H73ClN10O2. The molecular weight excluding hydrogens is 808 g/mol. The highest BCUT2D eigenvalue weighted by Crippen LogP contribution is 2.33. The number of benzene rings is 1. The topological polar surface area (TPSA) is 90.2 Å². The molecule has 5 aromatic rings. The molecule has 4 aliphatic rings. The first-order valence-corrected chi connectivity index (χ1v) is 23.7. The molecule has 0 radical (unpaired) electrons. The van der Waals surface area contributed by atoms with Crippen molar-refractivity contribution in [3.63, 3.8) is 0 Å². The Labute approximate surface area is 382 Å². The average molecular weight is 882 g/mol. The van der Waals surface area contributed by atoms with Crippen LogP contribution < -0.4 is 15.1 Å². The van der Waals surface area contributed by atoms with Crippen LogP contribution >= 0.6 is 12.4 Å². The molecule has 4 aliphatic heterocycles. The second kappa shape index (κ2) is 22.5. The molecule has 0 spiro atoms. The third-order valence-electron chi connectivity index (χ3n) is 14.1. The summed E-state index contributed by atoms with van der Waals surface area (Å²) in [6.07, 6.45) is 14.1. The van der Waals surface area contributed by atoms with Crippen LogP contribution in [0.2, 0.25) is 0 Å². The van der Waals surface area contributed by atoms with Gasteiger partial charge in [0.15, 0.2) is 0 Å². The number of anilines is 2. The second-order valence-electron chi connectivity index (χ2n) is 18.5. The standard InChI is InChI=1S/C29H39N5O2.C21H33N5.ClH/c1-23-19-26-27(11-13-30-28(26)31(23)2)33-16-12-25(20-33)21-34(18-17-32-14-7-4-8-15-32)29(35)36-22-24-9-5-3-6-10-24;1-17-14-19-20(6-8-23-21(19)24(17)2)26-12-7-18(16-26)15-22-9-13-25-10-4-3-5-11-25;/h3,5-6,9-11,13,19,25H,4,7-8,12,14-18,20-22H2,1-2H3;6,8,14,18,22H,3-5,7,9-13,15-16H2,1-2H3;1H. The number of likely N-dealkylation sites (tertiary alicyclic amines) is 2. The molecule has 8 heterocycles. The van der Waals surface area contributed by atoms with E-state index >= 15 is 0 Å². The minimum absolute atomic E-state index is 0. The summed E-state index contributed by atoms with van der Waals surface area (Å²) in [5.74, 6) is 1.17. The van der Waals surface area contributed by atoms with Gasteiger partial charge in [-0.2, -0.15) is 0 Å². The van der Waals surface area contributed by atoms with Gasteiger partial charge in [-0.05, 0) is 127 Å². The largest absolute Gasteiger partial charge is 0.445 e. The van der Waals surface area contributed by atoms with Crippen molar-refractivity contribution in [2.75, 3.05) is 101 Å². The third kappa shape index (κ3) is 11.9. The monoisotopic (exact) mass is 881 g/mol. The van der Waals surface area contributed by atoms with E-state index in [1.165, 1.54) is 98.1 Å². The van der Waals surface area contributed by atoms with Crippen LogP contribution in [0.15, 0.2) is 67.0 Å². The number of nitrogens with zero attached hydrogens (tertiary/aromatic N) is 9. The highest BCUT2D eigenvalue weighted by molar-refractivity contribution is 5.92. The highest BCUT2D eigenvalue weighted by Gasteiger charge is 2.29. The van der Waals surface area contributed by atoms with Crippen LogP contribution in [0.3, 0.4) is 0 Å². The predicted molar refractivity (Wildman–Crippen MR) is 260 cm³/mol. The fourth-order valence-electron chi connectivity index (χ4n) is 10.2. The van der Waals surface area contributed by atoms with E-state index in [1.807, 2.05) is 47.6 Å². The number of carbonyl (C=O) groups excluding carboxylic acids is 1. The van der Waals surface area contributed by atoms with Crippen molar-refractivity contribution in [2.45, 2.75) is 71.8 Å². The molecule has 1 amide bonds. The van der Waals surface area contributed by atoms with Crippen molar-refractivity contribution in [2.24, 2.45) is 25.9 Å². The lowest BCUT2D eigenvalue weighted by molar-refractivity contribution is 0.0847. The van der Waals surface area contributed by atoms with Gasteiger partial charge in [0.05, 0.1) is 0 Å². The summed E-state index contributed by atoms with van der Waals surface area (Å²) in [6, 6.07) is 18.8. The number of ether oxygens (including phenoxy) is 1. The molecule has 0 bridgehead atoms. The highest BCUT2D eigenvalue weighted by atomic mass is 35.5. The van der Waals surface area contributed by atoms with Gasteiger partial charge in [-0.25, -0.2) is 14.8 Å². The van der Waals surface area contributed by atoms with E-state index in [4.69, 9.17) is 4.74 Å². The number of halogens is 1. The van der Waals surface area contributed by atoms with Gasteiger partial charge in [-0.1, -0.05) is 43.2 Å². The number of aromatic nitrogens is 4. The van der Waals surface area contributed by atoms with E-state index in [0.717, 1.165) is 101 Å². The van der Waals surface area contributed by atoms with Gasteiger partial charge < -0.3 is 43.7 Å². The lowest BCUT2D eigenvalue weighted by Crippen LogP contribution is -2.43. The molecule has 4 fully saturated rings. The van der Waals surface area contributed by atoms with Gasteiger partial charge in [0.2, 0.25) is 0 Å². The van der Waals surface area contributed by atoms with Crippen molar-refractivity contribution >= 4 is 51.9 Å². The molecule has 12 nitrogen and oxygen atoms in total. The van der Waals surface area contributed by atoms with Crippen LogP contribution in [0.5, 0.6) is 0 Å². The molecule has 9 rings (SSSR count). The van der Waals surface area contributed by atoms with Gasteiger partial charge in [0, 0.05) is 119 Å². The van der Waals surface area contributed by atoms with Crippen LogP contribution in [0.1, 0.15) is 68.3 Å². The number of piperidine rings is 2. The molecule has 2 atom stereocenters. The van der Waals surface area contributed by atoms with Gasteiger partial charge in [-0.15, -0.1) is 12.4 Å². The van der Waals surface area contributed by atoms with Crippen molar-refractivity contribution < 1.29 is 9.53 Å². The zero-order chi connectivity index (χ0) is 42.8. The van der Waals surface area contributed by atoms with Gasteiger partial charge >= 0.3 is 6.09 Å². The molecule has 1 N–H and O–H groups in total. The fourth-order valence-corrected chi connectivity index (χ4v) is 10.2. The van der Waals surface area contributed by atoms with Crippen LogP contribution in [0.4, 0.5) is 16.2 Å². The van der Waals surface area contributed by atoms with Crippen molar-refractivity contribution in [3.8, 4) is 0 Å². The maximum Gasteiger partial charge on any atom is 0.410 e. The minimum Gasteiger partial charge on any atom is -0.445 e. The van der Waals surface area contributed by atoms with Gasteiger partial charge in [0.25, 0.3) is 0 Å². The molecule has 0 aliphatic carbocycles. The summed E-state index contributed by atoms with van der Waals surface area (Å²) in [7, 11) is 4.18. The van der Waals surface area contributed by atoms with E-state index < -0.39 is 0 Å². The minimum atomic E-state index is -0.195. The summed E-state index contributed by atoms with van der Waals surface area (Å²) < 4.78 is 10.1. The molecule has 63 heavy (non-hydrogen) atoms. The number of nitrogens with one attached hydrogen (secondary N) is 1. The smallest absolute Gasteiger partial charge is 0.410 e. The normalized spacial score (nSPS) is 19.6. The Kier molecular flexibility index (Phi) is 16.7. The molecule has 342 valence electrons. The SMILES string of the molecule is Cc1cc2c(N3CCC(CN(CCN4CCCCC4)C(=O)OCc4ccccc4)C3)ccnc2n1C.Cc1cc2c(N3CCC(CNCCN4CCCCC4)C3)ccnc2n1C.Cl. The Hall–Kier alpha value is -4.36. The van der Waals surface area contributed by atoms with Crippen LogP contribution in [0, 0.1) is 25.7 Å². The van der Waals surface area contributed by atoms with Gasteiger partial charge in [0.1, 0.15) is 17.9 Å². The maximum absolute atomic E-state index is 13.2. The quantitative estimate of drug-likeness (QED) is 0.111. The number of aryl methyl sites for hydroxylation is 4. The van der Waals surface area contributed by atoms with Crippen molar-refractivity contribution in [1.82, 2.24) is 39.1 Å². The Morgan fingerprint density at radius 1 is 0.714 bits per heavy atom. The summed E-state index contributed by atoms with van der Waals surface area (Å²) in [4.78, 5) is 34.5. The van der Waals surface area contributed by atoms with E-state index in [9.17, 15) is 4.79 Å². The number of pyridine rings is 2. The van der Waals surface area contributed by atoms with E-state index in [-0.39, 0.29) is 18.5 Å². The second-order valence-corrected chi connectivity index (χ2v) is 18.5. The molecule has 4 saturated heterocycles. The van der Waals surface area contributed by atoms with Crippen molar-refractivity contribution in [1.29, 1.82) is 0 Å². The van der Waals surface area contributed by atoms with Crippen LogP contribution in [0.25, 0.3) is 22.1 Å². The average Bonchev–Trinajstić information content (AvgIpc) is 4.11. The van der Waals surface area contributed by atoms with Crippen LogP contribution in [-0.4, -0.2) is 132 Å². The summed E-state index contributed by atoms with van der Waals surface area (Å²) in [6.45, 7) is 19.6. The number of hydrogen-bond donors (Lipinski definition) is 1. The summed E-state index contributed by atoms with van der Waals surface area (Å²) in [5, 5.41) is 6.22. The van der Waals surface area contributed by atoms with Gasteiger partial charge in [-0.3, -0.25) is 0 Å². The Bertz CT molecular complexity index is 2200.